The number of likely N-dealkylation sites (tertiary alicyclic amines) is 1. The Morgan fingerprint density at radius 2 is 1.96 bits per heavy atom. The minimum absolute atomic E-state index is 0.00334. The highest BCUT2D eigenvalue weighted by molar-refractivity contribution is 5.95. The molecular formula is C21H23N3O3. The van der Waals surface area contributed by atoms with E-state index >= 15 is 0 Å². The minimum atomic E-state index is 0.00334. The van der Waals surface area contributed by atoms with Gasteiger partial charge in [-0.1, -0.05) is 12.1 Å². The van der Waals surface area contributed by atoms with E-state index in [-0.39, 0.29) is 11.5 Å². The predicted molar refractivity (Wildman–Crippen MR) is 103 cm³/mol. The molecule has 140 valence electrons. The third-order valence-electron chi connectivity index (χ3n) is 5.36. The Hall–Kier alpha value is -2.89. The van der Waals surface area contributed by atoms with E-state index in [0.717, 1.165) is 24.1 Å². The van der Waals surface area contributed by atoms with Crippen LogP contribution >= 0.6 is 0 Å². The number of carbonyl (C=O) groups is 1. The summed E-state index contributed by atoms with van der Waals surface area (Å²) in [7, 11) is 0. The first kappa shape index (κ1) is 17.5. The van der Waals surface area contributed by atoms with Crippen molar-refractivity contribution in [1.82, 2.24) is 14.5 Å². The molecule has 0 atom stereocenters. The summed E-state index contributed by atoms with van der Waals surface area (Å²) in [5, 5.41) is 0.651. The summed E-state index contributed by atoms with van der Waals surface area (Å²) >= 11 is 0. The minimum Gasteiger partial charge on any atom is -0.466 e. The van der Waals surface area contributed by atoms with E-state index in [1.165, 1.54) is 0 Å². The number of fused-ring (bicyclic) bond motifs is 1. The summed E-state index contributed by atoms with van der Waals surface area (Å²) in [6.07, 6.45) is 3.39. The predicted octanol–water partition coefficient (Wildman–Crippen LogP) is 3.16. The lowest BCUT2D eigenvalue weighted by molar-refractivity contribution is 0.0680. The van der Waals surface area contributed by atoms with Gasteiger partial charge in [-0.05, 0) is 50.8 Å². The number of furan rings is 1. The van der Waals surface area contributed by atoms with Gasteiger partial charge in [-0.3, -0.25) is 14.2 Å². The van der Waals surface area contributed by atoms with Crippen LogP contribution in [0.3, 0.4) is 0 Å². The van der Waals surface area contributed by atoms with Gasteiger partial charge in [-0.15, -0.1) is 0 Å². The number of aryl methyl sites for hydroxylation is 2. The van der Waals surface area contributed by atoms with Gasteiger partial charge >= 0.3 is 0 Å². The van der Waals surface area contributed by atoms with Gasteiger partial charge in [0.15, 0.2) is 0 Å². The van der Waals surface area contributed by atoms with Gasteiger partial charge in [0.25, 0.3) is 11.5 Å². The number of para-hydroxylation sites is 1. The summed E-state index contributed by atoms with van der Waals surface area (Å²) in [5.74, 6) is 1.83. The molecule has 0 saturated carbocycles. The van der Waals surface area contributed by atoms with E-state index in [4.69, 9.17) is 4.42 Å². The fourth-order valence-electron chi connectivity index (χ4n) is 3.85. The Morgan fingerprint density at radius 1 is 1.22 bits per heavy atom. The molecule has 4 rings (SSSR count). The number of hydrogen-bond acceptors (Lipinski definition) is 4. The van der Waals surface area contributed by atoms with Crippen molar-refractivity contribution >= 4 is 16.8 Å². The standard InChI is InChI=1S/C21H23N3O3/c1-14-11-18(15(2)27-14)21(26)23-9-7-16(8-10-23)12-24-13-22-19-6-4-3-5-17(19)20(24)25/h3-6,11,13,16H,7-10,12H2,1-2H3. The van der Waals surface area contributed by atoms with Gasteiger partial charge in [-0.25, -0.2) is 4.98 Å². The first-order valence-corrected chi connectivity index (χ1v) is 9.33. The maximum atomic E-state index is 12.7. The van der Waals surface area contributed by atoms with Crippen LogP contribution in [-0.4, -0.2) is 33.4 Å². The molecule has 1 aromatic carbocycles. The summed E-state index contributed by atoms with van der Waals surface area (Å²) in [6, 6.07) is 9.22. The Labute approximate surface area is 157 Å². The van der Waals surface area contributed by atoms with Gasteiger partial charge in [0.05, 0.1) is 22.8 Å². The zero-order chi connectivity index (χ0) is 19.0. The molecule has 6 heteroatoms. The molecule has 1 aliphatic rings. The maximum absolute atomic E-state index is 12.7. The molecule has 1 amide bonds. The van der Waals surface area contributed by atoms with Crippen molar-refractivity contribution in [2.24, 2.45) is 5.92 Å². The SMILES string of the molecule is Cc1cc(C(=O)N2CCC(Cn3cnc4ccccc4c3=O)CC2)c(C)o1. The van der Waals surface area contributed by atoms with Crippen LogP contribution in [-0.2, 0) is 6.54 Å². The van der Waals surface area contributed by atoms with Crippen LogP contribution < -0.4 is 5.56 Å². The molecule has 0 N–H and O–H groups in total. The number of carbonyl (C=O) groups excluding carboxylic acids is 1. The second-order valence-corrected chi connectivity index (χ2v) is 7.28. The lowest BCUT2D eigenvalue weighted by Crippen LogP contribution is -2.40. The van der Waals surface area contributed by atoms with E-state index in [0.29, 0.717) is 42.3 Å². The van der Waals surface area contributed by atoms with Crippen molar-refractivity contribution in [1.29, 1.82) is 0 Å². The highest BCUT2D eigenvalue weighted by atomic mass is 16.3. The van der Waals surface area contributed by atoms with Gasteiger partial charge in [-0.2, -0.15) is 0 Å². The van der Waals surface area contributed by atoms with Crippen LogP contribution in [0.2, 0.25) is 0 Å². The third-order valence-corrected chi connectivity index (χ3v) is 5.36. The molecule has 0 spiro atoms. The number of benzene rings is 1. The molecule has 0 aliphatic carbocycles. The number of amides is 1. The zero-order valence-corrected chi connectivity index (χ0v) is 15.6. The lowest BCUT2D eigenvalue weighted by Gasteiger charge is -2.32. The number of nitrogens with zero attached hydrogens (tertiary/aromatic N) is 3. The molecule has 6 nitrogen and oxygen atoms in total. The van der Waals surface area contributed by atoms with E-state index in [1.807, 2.05) is 49.1 Å². The van der Waals surface area contributed by atoms with E-state index in [2.05, 4.69) is 4.98 Å². The molecule has 1 aliphatic heterocycles. The Kier molecular flexibility index (Phi) is 4.56. The summed E-state index contributed by atoms with van der Waals surface area (Å²) in [6.45, 7) is 5.71. The maximum Gasteiger partial charge on any atom is 0.261 e. The molecule has 0 bridgehead atoms. The van der Waals surface area contributed by atoms with Gasteiger partial charge in [0, 0.05) is 19.6 Å². The lowest BCUT2D eigenvalue weighted by atomic mass is 9.96. The fraction of sp³-hybridized carbons (Fsp3) is 0.381. The van der Waals surface area contributed by atoms with Crippen LogP contribution in [0.1, 0.15) is 34.7 Å². The van der Waals surface area contributed by atoms with Crippen LogP contribution in [0.25, 0.3) is 10.9 Å². The van der Waals surface area contributed by atoms with Crippen LogP contribution in [0.5, 0.6) is 0 Å². The fourth-order valence-corrected chi connectivity index (χ4v) is 3.85. The highest BCUT2D eigenvalue weighted by Gasteiger charge is 2.26. The summed E-state index contributed by atoms with van der Waals surface area (Å²) < 4.78 is 7.18. The number of hydrogen-bond donors (Lipinski definition) is 0. The second-order valence-electron chi connectivity index (χ2n) is 7.28. The number of rotatable bonds is 3. The second kappa shape index (κ2) is 7.02. The molecule has 1 fully saturated rings. The molecule has 0 radical (unpaired) electrons. The third kappa shape index (κ3) is 3.39. The zero-order valence-electron chi connectivity index (χ0n) is 15.6. The first-order chi connectivity index (χ1) is 13.0. The first-order valence-electron chi connectivity index (χ1n) is 9.33. The van der Waals surface area contributed by atoms with Crippen molar-refractivity contribution in [3.63, 3.8) is 0 Å². The van der Waals surface area contributed by atoms with Crippen molar-refractivity contribution in [2.75, 3.05) is 13.1 Å². The molecule has 1 saturated heterocycles. The average Bonchev–Trinajstić information content (AvgIpc) is 3.02. The smallest absolute Gasteiger partial charge is 0.261 e. The van der Waals surface area contributed by atoms with Crippen LogP contribution in [0.4, 0.5) is 0 Å². The Balaban J connectivity index is 1.43. The molecule has 3 aromatic rings. The van der Waals surface area contributed by atoms with Crippen molar-refractivity contribution < 1.29 is 9.21 Å². The molecule has 0 unspecified atom stereocenters. The van der Waals surface area contributed by atoms with E-state index in [9.17, 15) is 9.59 Å². The molecule has 2 aromatic heterocycles. The Bertz CT molecular complexity index is 1040. The summed E-state index contributed by atoms with van der Waals surface area (Å²) in [4.78, 5) is 31.6. The van der Waals surface area contributed by atoms with Gasteiger partial charge in [0.1, 0.15) is 11.5 Å². The van der Waals surface area contributed by atoms with Crippen LogP contribution in [0, 0.1) is 19.8 Å². The van der Waals surface area contributed by atoms with E-state index < -0.39 is 0 Å². The molecular weight excluding hydrogens is 342 g/mol. The molecule has 3 heterocycles. The van der Waals surface area contributed by atoms with Crippen molar-refractivity contribution in [3.8, 4) is 0 Å². The van der Waals surface area contributed by atoms with Crippen molar-refractivity contribution in [2.45, 2.75) is 33.2 Å². The summed E-state index contributed by atoms with van der Waals surface area (Å²) in [5.41, 5.74) is 1.38. The monoisotopic (exact) mass is 365 g/mol. The number of aromatic nitrogens is 2. The topological polar surface area (TPSA) is 68.3 Å². The quantitative estimate of drug-likeness (QED) is 0.715. The Morgan fingerprint density at radius 3 is 2.67 bits per heavy atom. The van der Waals surface area contributed by atoms with Gasteiger partial charge < -0.3 is 9.32 Å². The number of piperidine rings is 1. The molecule has 27 heavy (non-hydrogen) atoms. The largest absolute Gasteiger partial charge is 0.466 e. The van der Waals surface area contributed by atoms with Crippen LogP contribution in [0.15, 0.2) is 45.9 Å². The van der Waals surface area contributed by atoms with Crippen molar-refractivity contribution in [3.05, 3.63) is 64.1 Å². The highest BCUT2D eigenvalue weighted by Crippen LogP contribution is 2.23. The normalized spacial score (nSPS) is 15.4. The van der Waals surface area contributed by atoms with Gasteiger partial charge in [0.2, 0.25) is 0 Å². The van der Waals surface area contributed by atoms with E-state index in [1.54, 1.807) is 10.9 Å². The average molecular weight is 365 g/mol.